The van der Waals surface area contributed by atoms with Crippen molar-refractivity contribution in [3.8, 4) is 0 Å². The average Bonchev–Trinajstić information content (AvgIpc) is 2.41. The molecule has 0 saturated heterocycles. The zero-order valence-corrected chi connectivity index (χ0v) is 11.8. The van der Waals surface area contributed by atoms with Gasteiger partial charge in [0.2, 0.25) is 10.0 Å². The highest BCUT2D eigenvalue weighted by atomic mass is 32.2. The molecule has 1 aromatic carbocycles. The average molecular weight is 304 g/mol. The van der Waals surface area contributed by atoms with Crippen LogP contribution in [-0.2, 0) is 10.0 Å². The number of nitrogens with two attached hydrogens (primary N) is 1. The van der Waals surface area contributed by atoms with E-state index in [1.54, 1.807) is 0 Å². The maximum absolute atomic E-state index is 13.6. The van der Waals surface area contributed by atoms with E-state index in [9.17, 15) is 17.2 Å². The number of halogens is 2. The number of sulfonamides is 1. The third-order valence-electron chi connectivity index (χ3n) is 3.70. The van der Waals surface area contributed by atoms with Gasteiger partial charge in [-0.3, -0.25) is 0 Å². The summed E-state index contributed by atoms with van der Waals surface area (Å²) in [6.07, 6.45) is 3.41. The molecule has 0 amide bonds. The second kappa shape index (κ2) is 6.15. The molecule has 0 radical (unpaired) electrons. The third-order valence-corrected chi connectivity index (χ3v) is 5.21. The molecule has 112 valence electrons. The second-order valence-corrected chi connectivity index (χ2v) is 6.77. The number of hydrogen-bond acceptors (Lipinski definition) is 3. The summed E-state index contributed by atoms with van der Waals surface area (Å²) in [7, 11) is -4.08. The van der Waals surface area contributed by atoms with Crippen LogP contribution in [0.25, 0.3) is 0 Å². The highest BCUT2D eigenvalue weighted by molar-refractivity contribution is 7.89. The Kier molecular flexibility index (Phi) is 4.72. The minimum absolute atomic E-state index is 0.0372. The molecule has 2 atom stereocenters. The van der Waals surface area contributed by atoms with Crippen molar-refractivity contribution in [2.24, 2.45) is 11.7 Å². The van der Waals surface area contributed by atoms with E-state index >= 15 is 0 Å². The summed E-state index contributed by atoms with van der Waals surface area (Å²) >= 11 is 0. The van der Waals surface area contributed by atoms with Crippen LogP contribution in [0, 0.1) is 17.6 Å². The Morgan fingerprint density at radius 1 is 1.25 bits per heavy atom. The lowest BCUT2D eigenvalue weighted by Gasteiger charge is -2.31. The molecular weight excluding hydrogens is 286 g/mol. The van der Waals surface area contributed by atoms with E-state index < -0.39 is 26.6 Å². The van der Waals surface area contributed by atoms with Gasteiger partial charge in [-0.1, -0.05) is 12.8 Å². The first-order valence-corrected chi connectivity index (χ1v) is 8.10. The van der Waals surface area contributed by atoms with Crippen LogP contribution in [0.1, 0.15) is 25.7 Å². The van der Waals surface area contributed by atoms with Gasteiger partial charge in [0.15, 0.2) is 0 Å². The van der Waals surface area contributed by atoms with E-state index in [1.807, 2.05) is 0 Å². The van der Waals surface area contributed by atoms with Crippen LogP contribution in [0.2, 0.25) is 0 Å². The fourth-order valence-electron chi connectivity index (χ4n) is 2.59. The molecule has 20 heavy (non-hydrogen) atoms. The Hall–Kier alpha value is -1.05. The zero-order chi connectivity index (χ0) is 14.8. The van der Waals surface area contributed by atoms with Crippen molar-refractivity contribution in [1.82, 2.24) is 4.72 Å². The standard InChI is InChI=1S/C13H18F2N2O2S/c14-10-5-6-11(15)13(7-10)20(18,19)17-12-4-2-1-3-9(12)8-16/h5-7,9,12,17H,1-4,8,16H2/t9-,12+/m1/s1. The second-order valence-electron chi connectivity index (χ2n) is 5.08. The smallest absolute Gasteiger partial charge is 0.243 e. The van der Waals surface area contributed by atoms with Crippen LogP contribution in [0.4, 0.5) is 8.78 Å². The number of nitrogens with one attached hydrogen (secondary N) is 1. The fraction of sp³-hybridized carbons (Fsp3) is 0.538. The van der Waals surface area contributed by atoms with Crippen molar-refractivity contribution >= 4 is 10.0 Å². The summed E-state index contributed by atoms with van der Waals surface area (Å²) in [6.45, 7) is 0.374. The van der Waals surface area contributed by atoms with Crippen molar-refractivity contribution in [1.29, 1.82) is 0 Å². The van der Waals surface area contributed by atoms with Crippen LogP contribution >= 0.6 is 0 Å². The summed E-state index contributed by atoms with van der Waals surface area (Å²) in [5, 5.41) is 0. The fourth-order valence-corrected chi connectivity index (χ4v) is 4.02. The largest absolute Gasteiger partial charge is 0.330 e. The molecule has 7 heteroatoms. The number of hydrogen-bond donors (Lipinski definition) is 2. The maximum atomic E-state index is 13.6. The molecule has 1 aliphatic rings. The minimum atomic E-state index is -4.08. The first-order chi connectivity index (χ1) is 9.44. The minimum Gasteiger partial charge on any atom is -0.330 e. The van der Waals surface area contributed by atoms with E-state index in [0.29, 0.717) is 19.0 Å². The van der Waals surface area contributed by atoms with Gasteiger partial charge in [-0.25, -0.2) is 21.9 Å². The molecule has 2 rings (SSSR count). The molecule has 0 bridgehead atoms. The van der Waals surface area contributed by atoms with Crippen molar-refractivity contribution in [2.45, 2.75) is 36.6 Å². The summed E-state index contributed by atoms with van der Waals surface area (Å²) in [4.78, 5) is -0.654. The van der Waals surface area contributed by atoms with Crippen LogP contribution in [0.5, 0.6) is 0 Å². The molecule has 4 nitrogen and oxygen atoms in total. The monoisotopic (exact) mass is 304 g/mol. The molecule has 1 aliphatic carbocycles. The molecule has 0 aliphatic heterocycles. The summed E-state index contributed by atoms with van der Waals surface area (Å²) in [6, 6.07) is 2.07. The molecule has 3 N–H and O–H groups in total. The van der Waals surface area contributed by atoms with Gasteiger partial charge in [0.05, 0.1) is 0 Å². The zero-order valence-electron chi connectivity index (χ0n) is 11.0. The van der Waals surface area contributed by atoms with Crippen LogP contribution < -0.4 is 10.5 Å². The van der Waals surface area contributed by atoms with E-state index in [-0.39, 0.29) is 12.0 Å². The quantitative estimate of drug-likeness (QED) is 0.890. The van der Waals surface area contributed by atoms with Crippen molar-refractivity contribution in [3.05, 3.63) is 29.8 Å². The Bertz CT molecular complexity index is 578. The lowest BCUT2D eigenvalue weighted by atomic mass is 9.85. The summed E-state index contributed by atoms with van der Waals surface area (Å²) in [5.41, 5.74) is 5.64. The van der Waals surface area contributed by atoms with E-state index in [2.05, 4.69) is 4.72 Å². The highest BCUT2D eigenvalue weighted by Crippen LogP contribution is 2.25. The molecule has 0 unspecified atom stereocenters. The molecule has 1 fully saturated rings. The van der Waals surface area contributed by atoms with Crippen molar-refractivity contribution in [2.75, 3.05) is 6.54 Å². The predicted molar refractivity (Wildman–Crippen MR) is 71.5 cm³/mol. The van der Waals surface area contributed by atoms with Gasteiger partial charge in [-0.15, -0.1) is 0 Å². The molecule has 0 aromatic heterocycles. The lowest BCUT2D eigenvalue weighted by Crippen LogP contribution is -2.44. The van der Waals surface area contributed by atoms with E-state index in [0.717, 1.165) is 31.4 Å². The van der Waals surface area contributed by atoms with Crippen molar-refractivity contribution in [3.63, 3.8) is 0 Å². The van der Waals surface area contributed by atoms with E-state index in [4.69, 9.17) is 5.73 Å². The Balaban J connectivity index is 2.24. The molecule has 0 spiro atoms. The SMILES string of the molecule is NC[C@H]1CCCC[C@@H]1NS(=O)(=O)c1cc(F)ccc1F. The first kappa shape index (κ1) is 15.3. The van der Waals surface area contributed by atoms with Crippen LogP contribution in [0.3, 0.4) is 0 Å². The van der Waals surface area contributed by atoms with Crippen LogP contribution in [-0.4, -0.2) is 21.0 Å². The van der Waals surface area contributed by atoms with Gasteiger partial charge in [0.1, 0.15) is 16.5 Å². The van der Waals surface area contributed by atoms with Crippen molar-refractivity contribution < 1.29 is 17.2 Å². The third kappa shape index (κ3) is 3.34. The number of benzene rings is 1. The van der Waals surface area contributed by atoms with Gasteiger partial charge >= 0.3 is 0 Å². The Morgan fingerprint density at radius 3 is 2.65 bits per heavy atom. The molecule has 1 saturated carbocycles. The first-order valence-electron chi connectivity index (χ1n) is 6.61. The Labute approximate surface area is 117 Å². The van der Waals surface area contributed by atoms with Gasteiger partial charge in [0, 0.05) is 6.04 Å². The summed E-state index contributed by atoms with van der Waals surface area (Å²) < 4.78 is 53.5. The normalized spacial score (nSPS) is 23.8. The van der Waals surface area contributed by atoms with Gasteiger partial charge in [0.25, 0.3) is 0 Å². The van der Waals surface area contributed by atoms with E-state index in [1.165, 1.54) is 0 Å². The Morgan fingerprint density at radius 2 is 1.95 bits per heavy atom. The lowest BCUT2D eigenvalue weighted by molar-refractivity contribution is 0.296. The molecule has 1 aromatic rings. The van der Waals surface area contributed by atoms with Gasteiger partial charge in [-0.05, 0) is 43.5 Å². The van der Waals surface area contributed by atoms with Gasteiger partial charge < -0.3 is 5.73 Å². The predicted octanol–water partition coefficient (Wildman–Crippen LogP) is 1.76. The van der Waals surface area contributed by atoms with Crippen LogP contribution in [0.15, 0.2) is 23.1 Å². The molecule has 0 heterocycles. The topological polar surface area (TPSA) is 72.2 Å². The summed E-state index contributed by atoms with van der Waals surface area (Å²) in [5.74, 6) is -1.71. The number of rotatable bonds is 4. The maximum Gasteiger partial charge on any atom is 0.243 e. The van der Waals surface area contributed by atoms with Gasteiger partial charge in [-0.2, -0.15) is 0 Å². The molecular formula is C13H18F2N2O2S. The highest BCUT2D eigenvalue weighted by Gasteiger charge is 2.30.